The quantitative estimate of drug-likeness (QED) is 0.701. The summed E-state index contributed by atoms with van der Waals surface area (Å²) >= 11 is 0. The van der Waals surface area contributed by atoms with Crippen LogP contribution in [0.4, 0.5) is 22.7 Å². The van der Waals surface area contributed by atoms with E-state index in [9.17, 15) is 9.59 Å². The van der Waals surface area contributed by atoms with Crippen molar-refractivity contribution in [1.82, 2.24) is 0 Å². The van der Waals surface area contributed by atoms with Gasteiger partial charge in [0.1, 0.15) is 0 Å². The zero-order valence-corrected chi connectivity index (χ0v) is 14.1. The lowest BCUT2D eigenvalue weighted by Gasteiger charge is -2.09. The van der Waals surface area contributed by atoms with E-state index in [-0.39, 0.29) is 11.8 Å². The highest BCUT2D eigenvalue weighted by molar-refractivity contribution is 5.91. The molecule has 0 atom stereocenters. The third-order valence-electron chi connectivity index (χ3n) is 3.42. The first-order valence-corrected chi connectivity index (χ1v) is 8.11. The van der Waals surface area contributed by atoms with Crippen LogP contribution in [0.3, 0.4) is 0 Å². The third-order valence-corrected chi connectivity index (χ3v) is 3.42. The third kappa shape index (κ3) is 5.76. The first-order chi connectivity index (χ1) is 11.6. The molecule has 0 aliphatic rings. The molecule has 2 aromatic carbocycles. The topological polar surface area (TPSA) is 70.2 Å². The van der Waals surface area contributed by atoms with Gasteiger partial charge in [-0.15, -0.1) is 0 Å². The number of benzene rings is 2. The molecule has 0 saturated carbocycles. The Kier molecular flexibility index (Phi) is 6.37. The van der Waals surface area contributed by atoms with Gasteiger partial charge in [0.15, 0.2) is 0 Å². The van der Waals surface area contributed by atoms with Crippen LogP contribution in [0.1, 0.15) is 33.1 Å². The molecule has 3 N–H and O–H groups in total. The molecule has 0 aromatic heterocycles. The highest BCUT2D eigenvalue weighted by Crippen LogP contribution is 2.20. The summed E-state index contributed by atoms with van der Waals surface area (Å²) in [5, 5.41) is 8.89. The predicted molar refractivity (Wildman–Crippen MR) is 98.6 cm³/mol. The number of rotatable bonds is 7. The van der Waals surface area contributed by atoms with E-state index in [2.05, 4.69) is 22.9 Å². The monoisotopic (exact) mass is 325 g/mol. The Morgan fingerprint density at radius 2 is 1.25 bits per heavy atom. The maximum Gasteiger partial charge on any atom is 0.224 e. The highest BCUT2D eigenvalue weighted by Gasteiger charge is 2.02. The largest absolute Gasteiger partial charge is 0.356 e. The lowest BCUT2D eigenvalue weighted by molar-refractivity contribution is -0.116. The molecule has 2 aromatic rings. The molecule has 0 aliphatic heterocycles. The molecule has 126 valence electrons. The Bertz CT molecular complexity index is 679. The standard InChI is InChI=1S/C19H23N3O2/c1-3-4-5-19(24)22-18-12-10-17(11-13-18)21-16-8-6-15(7-9-16)20-14(2)23/h6-13,21H,3-5H2,1-2H3,(H,20,23)(H,22,24). The van der Waals surface area contributed by atoms with E-state index >= 15 is 0 Å². The van der Waals surface area contributed by atoms with Crippen LogP contribution in [0.15, 0.2) is 48.5 Å². The number of carbonyl (C=O) groups excluding carboxylic acids is 2. The van der Waals surface area contributed by atoms with Crippen LogP contribution in [0.5, 0.6) is 0 Å². The maximum atomic E-state index is 11.7. The number of hydrogen-bond acceptors (Lipinski definition) is 3. The molecule has 0 heterocycles. The summed E-state index contributed by atoms with van der Waals surface area (Å²) in [5.74, 6) is -0.0431. The van der Waals surface area contributed by atoms with Gasteiger partial charge in [0.25, 0.3) is 0 Å². The second-order valence-corrected chi connectivity index (χ2v) is 5.61. The summed E-state index contributed by atoms with van der Waals surface area (Å²) in [6.07, 6.45) is 2.47. The zero-order valence-electron chi connectivity index (χ0n) is 14.1. The summed E-state index contributed by atoms with van der Waals surface area (Å²) in [5.41, 5.74) is 3.40. The molecule has 5 heteroatoms. The Morgan fingerprint density at radius 1 is 0.792 bits per heavy atom. The predicted octanol–water partition coefficient (Wildman–Crippen LogP) is 4.52. The van der Waals surface area contributed by atoms with Crippen molar-refractivity contribution in [3.63, 3.8) is 0 Å². The van der Waals surface area contributed by atoms with Crippen molar-refractivity contribution >= 4 is 34.6 Å². The molecule has 24 heavy (non-hydrogen) atoms. The van der Waals surface area contributed by atoms with Gasteiger partial charge >= 0.3 is 0 Å². The fourth-order valence-corrected chi connectivity index (χ4v) is 2.20. The van der Waals surface area contributed by atoms with Crippen molar-refractivity contribution in [2.75, 3.05) is 16.0 Å². The van der Waals surface area contributed by atoms with Crippen molar-refractivity contribution in [2.24, 2.45) is 0 Å². The van der Waals surface area contributed by atoms with Gasteiger partial charge in [-0.2, -0.15) is 0 Å². The molecule has 0 radical (unpaired) electrons. The van der Waals surface area contributed by atoms with E-state index in [1.807, 2.05) is 48.5 Å². The van der Waals surface area contributed by atoms with Crippen molar-refractivity contribution in [3.05, 3.63) is 48.5 Å². The lowest BCUT2D eigenvalue weighted by atomic mass is 10.2. The minimum Gasteiger partial charge on any atom is -0.356 e. The van der Waals surface area contributed by atoms with E-state index in [1.54, 1.807) is 0 Å². The molecule has 0 aliphatic carbocycles. The Hall–Kier alpha value is -2.82. The molecule has 0 fully saturated rings. The van der Waals surface area contributed by atoms with Gasteiger partial charge in [-0.1, -0.05) is 13.3 Å². The van der Waals surface area contributed by atoms with Crippen LogP contribution >= 0.6 is 0 Å². The minimum absolute atomic E-state index is 0.0473. The van der Waals surface area contributed by atoms with Crippen molar-refractivity contribution in [3.8, 4) is 0 Å². The second kappa shape index (κ2) is 8.72. The highest BCUT2D eigenvalue weighted by atomic mass is 16.2. The smallest absolute Gasteiger partial charge is 0.224 e. The number of carbonyl (C=O) groups is 2. The lowest BCUT2D eigenvalue weighted by Crippen LogP contribution is -2.10. The van der Waals surface area contributed by atoms with Gasteiger partial charge in [-0.3, -0.25) is 9.59 Å². The fraction of sp³-hybridized carbons (Fsp3) is 0.263. The molecule has 2 amide bonds. The van der Waals surface area contributed by atoms with E-state index in [0.717, 1.165) is 35.6 Å². The van der Waals surface area contributed by atoms with Crippen molar-refractivity contribution in [2.45, 2.75) is 33.1 Å². The van der Waals surface area contributed by atoms with Crippen molar-refractivity contribution in [1.29, 1.82) is 0 Å². The van der Waals surface area contributed by atoms with Crippen molar-refractivity contribution < 1.29 is 9.59 Å². The Balaban J connectivity index is 1.91. The average Bonchev–Trinajstić information content (AvgIpc) is 2.56. The van der Waals surface area contributed by atoms with Gasteiger partial charge in [0, 0.05) is 36.1 Å². The summed E-state index contributed by atoms with van der Waals surface area (Å²) in [7, 11) is 0. The van der Waals surface area contributed by atoms with Crippen LogP contribution in [-0.4, -0.2) is 11.8 Å². The van der Waals surface area contributed by atoms with E-state index in [4.69, 9.17) is 0 Å². The Labute approximate surface area is 142 Å². The SMILES string of the molecule is CCCCC(=O)Nc1ccc(Nc2ccc(NC(C)=O)cc2)cc1. The summed E-state index contributed by atoms with van der Waals surface area (Å²) in [4.78, 5) is 22.7. The van der Waals surface area contributed by atoms with Gasteiger partial charge < -0.3 is 16.0 Å². The Morgan fingerprint density at radius 3 is 1.71 bits per heavy atom. The molecule has 0 unspecified atom stereocenters. The van der Waals surface area contributed by atoms with Gasteiger partial charge in [-0.05, 0) is 55.0 Å². The molecule has 0 spiro atoms. The molecule has 0 saturated heterocycles. The average molecular weight is 325 g/mol. The molecule has 0 bridgehead atoms. The first-order valence-electron chi connectivity index (χ1n) is 8.11. The van der Waals surface area contributed by atoms with E-state index in [1.165, 1.54) is 6.92 Å². The number of hydrogen-bond donors (Lipinski definition) is 3. The zero-order chi connectivity index (χ0) is 17.4. The van der Waals surface area contributed by atoms with Crippen LogP contribution in [0, 0.1) is 0 Å². The molecular weight excluding hydrogens is 302 g/mol. The van der Waals surface area contributed by atoms with Crippen LogP contribution in [0.2, 0.25) is 0 Å². The maximum absolute atomic E-state index is 11.7. The van der Waals surface area contributed by atoms with E-state index in [0.29, 0.717) is 6.42 Å². The summed E-state index contributed by atoms with van der Waals surface area (Å²) in [6, 6.07) is 15.0. The number of anilines is 4. The fourth-order valence-electron chi connectivity index (χ4n) is 2.20. The number of amides is 2. The van der Waals surface area contributed by atoms with Crippen LogP contribution < -0.4 is 16.0 Å². The van der Waals surface area contributed by atoms with Gasteiger partial charge in [0.05, 0.1) is 0 Å². The first kappa shape index (κ1) is 17.5. The van der Waals surface area contributed by atoms with Crippen LogP contribution in [0.25, 0.3) is 0 Å². The van der Waals surface area contributed by atoms with Gasteiger partial charge in [-0.25, -0.2) is 0 Å². The normalized spacial score (nSPS) is 10.1. The minimum atomic E-state index is -0.0905. The van der Waals surface area contributed by atoms with Gasteiger partial charge in [0.2, 0.25) is 11.8 Å². The van der Waals surface area contributed by atoms with Crippen LogP contribution in [-0.2, 0) is 9.59 Å². The molecule has 5 nitrogen and oxygen atoms in total. The number of unbranched alkanes of at least 4 members (excludes halogenated alkanes) is 1. The molecule has 2 rings (SSSR count). The summed E-state index contributed by atoms with van der Waals surface area (Å²) < 4.78 is 0. The number of nitrogens with one attached hydrogen (secondary N) is 3. The molecular formula is C19H23N3O2. The van der Waals surface area contributed by atoms with E-state index < -0.39 is 0 Å². The second-order valence-electron chi connectivity index (χ2n) is 5.61. The summed E-state index contributed by atoms with van der Waals surface area (Å²) in [6.45, 7) is 3.55.